The van der Waals surface area contributed by atoms with Crippen molar-refractivity contribution < 1.29 is 28.9 Å². The predicted molar refractivity (Wildman–Crippen MR) is 92.7 cm³/mol. The molecule has 2 spiro atoms. The molecular formula is C21H26O6. The minimum atomic E-state index is -0.757. The fourth-order valence-corrected chi connectivity index (χ4v) is 7.24. The number of aliphatic hydroxyl groups is 1. The number of epoxide rings is 2. The maximum absolute atomic E-state index is 13.5. The summed E-state index contributed by atoms with van der Waals surface area (Å²) in [4.78, 5) is 25.5. The molecule has 0 aromatic heterocycles. The molecule has 4 fully saturated rings. The first kappa shape index (κ1) is 16.7. The van der Waals surface area contributed by atoms with E-state index in [1.165, 1.54) is 0 Å². The van der Waals surface area contributed by atoms with Crippen LogP contribution in [0.5, 0.6) is 0 Å². The highest BCUT2D eigenvalue weighted by Gasteiger charge is 2.93. The summed E-state index contributed by atoms with van der Waals surface area (Å²) in [5.74, 6) is 0.265. The molecule has 0 radical (unpaired) electrons. The molecule has 6 nitrogen and oxygen atoms in total. The molecule has 2 saturated heterocycles. The molecule has 0 aromatic carbocycles. The third-order valence-electron chi connectivity index (χ3n) is 8.57. The first-order valence-electron chi connectivity index (χ1n) is 10.4. The summed E-state index contributed by atoms with van der Waals surface area (Å²) >= 11 is 0. The summed E-state index contributed by atoms with van der Waals surface area (Å²) in [6.07, 6.45) is 5.53. The van der Waals surface area contributed by atoms with Crippen LogP contribution in [-0.4, -0.2) is 53.5 Å². The Bertz CT molecular complexity index is 788. The molecule has 7 unspecified atom stereocenters. The maximum atomic E-state index is 13.5. The monoisotopic (exact) mass is 374 g/mol. The zero-order valence-corrected chi connectivity index (χ0v) is 15.7. The quantitative estimate of drug-likeness (QED) is 0.458. The summed E-state index contributed by atoms with van der Waals surface area (Å²) in [7, 11) is 0. The summed E-state index contributed by atoms with van der Waals surface area (Å²) in [5.41, 5.74) is 0.556. The number of hydrogen-bond donors (Lipinski definition) is 1. The molecule has 146 valence electrons. The van der Waals surface area contributed by atoms with Gasteiger partial charge in [-0.25, -0.2) is 4.79 Å². The SMILES string of the molecule is CC12CCC3=C(COC3=O)C1CC1OC13C(=O)C(CCCCO)CC1OC123. The number of Topliss-reactive ketones (excluding diaryl/α,β-unsaturated/α-hetero) is 1. The molecule has 0 aromatic rings. The van der Waals surface area contributed by atoms with Gasteiger partial charge in [0, 0.05) is 23.5 Å². The third-order valence-corrected chi connectivity index (χ3v) is 8.57. The number of hydrogen-bond acceptors (Lipinski definition) is 6. The van der Waals surface area contributed by atoms with Gasteiger partial charge in [0.1, 0.15) is 12.2 Å². The molecule has 0 bridgehead atoms. The standard InChI is InChI=1S/C21H26O6/c1-19-6-5-12-13(10-25-18(12)24)14(19)9-15-20(26-15)17(23)11(4-2-3-7-22)8-16-21(19,20)27-16/h11,14-16,22H,2-10H2,1H3. The Morgan fingerprint density at radius 2 is 2.00 bits per heavy atom. The van der Waals surface area contributed by atoms with Crippen molar-refractivity contribution in [1.29, 1.82) is 0 Å². The van der Waals surface area contributed by atoms with Crippen LogP contribution in [0.4, 0.5) is 0 Å². The molecule has 1 N–H and O–H groups in total. The largest absolute Gasteiger partial charge is 0.458 e. The zero-order valence-electron chi connectivity index (χ0n) is 15.7. The van der Waals surface area contributed by atoms with Gasteiger partial charge in [0.2, 0.25) is 0 Å². The van der Waals surface area contributed by atoms with Crippen LogP contribution < -0.4 is 0 Å². The fourth-order valence-electron chi connectivity index (χ4n) is 7.24. The van der Waals surface area contributed by atoms with Gasteiger partial charge in [0.25, 0.3) is 0 Å². The molecule has 3 aliphatic carbocycles. The van der Waals surface area contributed by atoms with Crippen molar-refractivity contribution in [3.63, 3.8) is 0 Å². The minimum Gasteiger partial charge on any atom is -0.458 e. The summed E-state index contributed by atoms with van der Waals surface area (Å²) < 4.78 is 18.0. The molecule has 3 heterocycles. The molecule has 3 aliphatic heterocycles. The molecule has 7 atom stereocenters. The van der Waals surface area contributed by atoms with E-state index in [1.54, 1.807) is 0 Å². The Labute approximate surface area is 158 Å². The van der Waals surface area contributed by atoms with Crippen molar-refractivity contribution in [2.45, 2.75) is 75.3 Å². The van der Waals surface area contributed by atoms with Crippen molar-refractivity contribution in [3.05, 3.63) is 11.1 Å². The number of unbranched alkanes of at least 4 members (excludes halogenated alkanes) is 1. The van der Waals surface area contributed by atoms with Gasteiger partial charge in [0.05, 0.1) is 12.2 Å². The molecule has 2 saturated carbocycles. The molecule has 6 rings (SSSR count). The van der Waals surface area contributed by atoms with Crippen LogP contribution in [0.25, 0.3) is 0 Å². The van der Waals surface area contributed by atoms with Gasteiger partial charge in [-0.05, 0) is 50.0 Å². The zero-order chi connectivity index (χ0) is 18.6. The topological polar surface area (TPSA) is 88.7 Å². The lowest BCUT2D eigenvalue weighted by Gasteiger charge is -2.52. The van der Waals surface area contributed by atoms with Crippen LogP contribution in [-0.2, 0) is 23.8 Å². The third kappa shape index (κ3) is 1.70. The minimum absolute atomic E-state index is 0.0166. The Morgan fingerprint density at radius 3 is 2.81 bits per heavy atom. The van der Waals surface area contributed by atoms with Gasteiger partial charge in [-0.1, -0.05) is 13.3 Å². The second-order valence-corrected chi connectivity index (χ2v) is 9.49. The van der Waals surface area contributed by atoms with E-state index >= 15 is 0 Å². The van der Waals surface area contributed by atoms with Crippen molar-refractivity contribution in [2.75, 3.05) is 13.2 Å². The van der Waals surface area contributed by atoms with Gasteiger partial charge in [-0.3, -0.25) is 4.79 Å². The number of fused-ring (bicyclic) bond motifs is 2. The van der Waals surface area contributed by atoms with Crippen LogP contribution in [0.15, 0.2) is 11.1 Å². The summed E-state index contributed by atoms with van der Waals surface area (Å²) in [6.45, 7) is 2.82. The van der Waals surface area contributed by atoms with Crippen molar-refractivity contribution in [1.82, 2.24) is 0 Å². The lowest BCUT2D eigenvalue weighted by Crippen LogP contribution is -2.64. The molecule has 6 heteroatoms. The number of ketones is 1. The van der Waals surface area contributed by atoms with E-state index in [2.05, 4.69) is 6.92 Å². The average molecular weight is 374 g/mol. The number of aliphatic hydroxyl groups excluding tert-OH is 1. The molecule has 0 amide bonds. The van der Waals surface area contributed by atoms with E-state index in [4.69, 9.17) is 19.3 Å². The van der Waals surface area contributed by atoms with Gasteiger partial charge in [-0.15, -0.1) is 0 Å². The van der Waals surface area contributed by atoms with E-state index in [1.807, 2.05) is 0 Å². The number of ether oxygens (including phenoxy) is 3. The first-order chi connectivity index (χ1) is 13.0. The number of cyclic esters (lactones) is 1. The summed E-state index contributed by atoms with van der Waals surface area (Å²) in [6, 6.07) is 0. The Morgan fingerprint density at radius 1 is 1.15 bits per heavy atom. The Kier molecular flexibility index (Phi) is 3.10. The number of carbonyl (C=O) groups is 2. The van der Waals surface area contributed by atoms with Gasteiger partial charge in [0.15, 0.2) is 11.4 Å². The molecular weight excluding hydrogens is 348 g/mol. The smallest absolute Gasteiger partial charge is 0.334 e. The van der Waals surface area contributed by atoms with E-state index < -0.39 is 11.2 Å². The molecule has 6 aliphatic rings. The second kappa shape index (κ2) is 5.02. The second-order valence-electron chi connectivity index (χ2n) is 9.49. The average Bonchev–Trinajstić information content (AvgIpc) is 3.52. The lowest BCUT2D eigenvalue weighted by molar-refractivity contribution is -0.138. The summed E-state index contributed by atoms with van der Waals surface area (Å²) in [5, 5.41) is 9.05. The van der Waals surface area contributed by atoms with E-state index in [0.29, 0.717) is 13.0 Å². The van der Waals surface area contributed by atoms with Gasteiger partial charge < -0.3 is 19.3 Å². The van der Waals surface area contributed by atoms with Crippen molar-refractivity contribution >= 4 is 11.8 Å². The highest BCUT2D eigenvalue weighted by molar-refractivity contribution is 5.97. The van der Waals surface area contributed by atoms with E-state index in [9.17, 15) is 9.59 Å². The maximum Gasteiger partial charge on any atom is 0.334 e. The fraction of sp³-hybridized carbons (Fsp3) is 0.810. The molecule has 27 heavy (non-hydrogen) atoms. The number of esters is 1. The van der Waals surface area contributed by atoms with Gasteiger partial charge in [-0.2, -0.15) is 0 Å². The Hall–Kier alpha value is -1.24. The normalized spacial score (nSPS) is 51.6. The van der Waals surface area contributed by atoms with Crippen LogP contribution in [0, 0.1) is 17.3 Å². The lowest BCUT2D eigenvalue weighted by atomic mass is 9.47. The van der Waals surface area contributed by atoms with E-state index in [-0.39, 0.29) is 47.8 Å². The van der Waals surface area contributed by atoms with E-state index in [0.717, 1.165) is 49.7 Å². The number of rotatable bonds is 4. The van der Waals surface area contributed by atoms with Crippen molar-refractivity contribution in [3.8, 4) is 0 Å². The van der Waals surface area contributed by atoms with Crippen LogP contribution in [0.1, 0.15) is 51.9 Å². The number of carbonyl (C=O) groups excluding carboxylic acids is 2. The predicted octanol–water partition coefficient (Wildman–Crippen LogP) is 1.69. The van der Waals surface area contributed by atoms with Crippen molar-refractivity contribution in [2.24, 2.45) is 17.3 Å². The Balaban J connectivity index is 1.36. The first-order valence-corrected chi connectivity index (χ1v) is 10.4. The van der Waals surface area contributed by atoms with Crippen LogP contribution >= 0.6 is 0 Å². The van der Waals surface area contributed by atoms with Crippen LogP contribution in [0.2, 0.25) is 0 Å². The highest BCUT2D eigenvalue weighted by atomic mass is 16.7. The van der Waals surface area contributed by atoms with Gasteiger partial charge >= 0.3 is 5.97 Å². The highest BCUT2D eigenvalue weighted by Crippen LogP contribution is 2.78. The van der Waals surface area contributed by atoms with Crippen LogP contribution in [0.3, 0.4) is 0 Å².